The molecule has 0 aliphatic heterocycles. The molecule has 0 spiro atoms. The minimum atomic E-state index is -5.85. The number of hydrogen-bond acceptors (Lipinski definition) is 0. The lowest BCUT2D eigenvalue weighted by molar-refractivity contribution is -0.289. The molecule has 24 heavy (non-hydrogen) atoms. The van der Waals surface area contributed by atoms with Gasteiger partial charge in [0.1, 0.15) is 5.82 Å². The maximum atomic E-state index is 13.4. The van der Waals surface area contributed by atoms with Crippen LogP contribution in [0.15, 0.2) is 36.4 Å². The zero-order valence-electron chi connectivity index (χ0n) is 11.4. The molecule has 2 aromatic rings. The predicted molar refractivity (Wildman–Crippen MR) is 65.6 cm³/mol. The lowest BCUT2D eigenvalue weighted by atomic mass is 9.96. The van der Waals surface area contributed by atoms with Crippen LogP contribution in [0.25, 0.3) is 11.1 Å². The van der Waals surface area contributed by atoms with Crippen molar-refractivity contribution in [1.82, 2.24) is 0 Å². The summed E-state index contributed by atoms with van der Waals surface area (Å²) >= 11 is 0. The van der Waals surface area contributed by atoms with Gasteiger partial charge in [0.15, 0.2) is 0 Å². The van der Waals surface area contributed by atoms with Crippen molar-refractivity contribution in [3.63, 3.8) is 0 Å². The Morgan fingerprint density at radius 3 is 1.75 bits per heavy atom. The summed E-state index contributed by atoms with van der Waals surface area (Å²) in [6.07, 6.45) is -10.9. The van der Waals surface area contributed by atoms with Gasteiger partial charge in [0.2, 0.25) is 0 Å². The van der Waals surface area contributed by atoms with E-state index in [4.69, 9.17) is 0 Å². The molecule has 0 amide bonds. The van der Waals surface area contributed by atoms with E-state index in [0.717, 1.165) is 12.1 Å². The number of rotatable bonds is 2. The van der Waals surface area contributed by atoms with Crippen LogP contribution in [0.3, 0.4) is 0 Å². The maximum absolute atomic E-state index is 13.4. The quantitative estimate of drug-likeness (QED) is 0.581. The Morgan fingerprint density at radius 2 is 1.29 bits per heavy atom. The van der Waals surface area contributed by atoms with Crippen molar-refractivity contribution in [2.45, 2.75) is 18.3 Å². The fourth-order valence-corrected chi connectivity index (χ4v) is 2.01. The zero-order chi connectivity index (χ0) is 18.3. The highest BCUT2D eigenvalue weighted by atomic mass is 19.4. The molecule has 0 heterocycles. The highest BCUT2D eigenvalue weighted by molar-refractivity contribution is 5.68. The van der Waals surface area contributed by atoms with Crippen molar-refractivity contribution in [3.8, 4) is 11.1 Å². The Hall–Kier alpha value is -2.19. The van der Waals surface area contributed by atoms with Crippen molar-refractivity contribution in [1.29, 1.82) is 0 Å². The number of hydrogen-bond donors (Lipinski definition) is 0. The third-order valence-electron chi connectivity index (χ3n) is 3.15. The first-order chi connectivity index (χ1) is 10.9. The fraction of sp³-hybridized carbons (Fsp3) is 0.200. The summed E-state index contributed by atoms with van der Waals surface area (Å²) in [5.41, 5.74) is -4.17. The van der Waals surface area contributed by atoms with Gasteiger partial charge in [-0.3, -0.25) is 0 Å². The smallest absolute Gasteiger partial charge is 0.206 e. The normalized spacial score (nSPS) is 13.2. The highest BCUT2D eigenvalue weighted by Gasteiger charge is 2.58. The minimum absolute atomic E-state index is 0.345. The van der Waals surface area contributed by atoms with Gasteiger partial charge in [0.05, 0.1) is 5.56 Å². The van der Waals surface area contributed by atoms with Crippen LogP contribution in [0.5, 0.6) is 0 Å². The number of alkyl halides is 8. The van der Waals surface area contributed by atoms with Gasteiger partial charge in [-0.25, -0.2) is 4.39 Å². The molecule has 0 nitrogen and oxygen atoms in total. The van der Waals surface area contributed by atoms with Gasteiger partial charge >= 0.3 is 18.3 Å². The Labute approximate surface area is 129 Å². The summed E-state index contributed by atoms with van der Waals surface area (Å²) in [5.74, 6) is -6.86. The van der Waals surface area contributed by atoms with Gasteiger partial charge in [0, 0.05) is 11.6 Å². The van der Waals surface area contributed by atoms with Crippen molar-refractivity contribution in [3.05, 3.63) is 59.4 Å². The molecule has 0 unspecified atom stereocenters. The van der Waals surface area contributed by atoms with Crippen LogP contribution in [0.1, 0.15) is 11.1 Å². The molecular formula is C15H6F9. The molecule has 0 atom stereocenters. The molecule has 0 saturated carbocycles. The Bertz CT molecular complexity index is 724. The van der Waals surface area contributed by atoms with Crippen LogP contribution < -0.4 is 0 Å². The number of benzene rings is 2. The van der Waals surface area contributed by atoms with Crippen LogP contribution in [0.2, 0.25) is 0 Å². The molecule has 0 N–H and O–H groups in total. The summed E-state index contributed by atoms with van der Waals surface area (Å²) < 4.78 is 115. The molecule has 0 aromatic heterocycles. The molecule has 0 aliphatic carbocycles. The van der Waals surface area contributed by atoms with Crippen molar-refractivity contribution in [2.75, 3.05) is 0 Å². The zero-order valence-corrected chi connectivity index (χ0v) is 11.4. The average molecular weight is 357 g/mol. The molecule has 1 radical (unpaired) electrons. The first-order valence-electron chi connectivity index (χ1n) is 6.18. The lowest BCUT2D eigenvalue weighted by Gasteiger charge is -2.20. The van der Waals surface area contributed by atoms with Gasteiger partial charge in [-0.15, -0.1) is 0 Å². The van der Waals surface area contributed by atoms with E-state index >= 15 is 0 Å². The van der Waals surface area contributed by atoms with Crippen LogP contribution in [-0.2, 0) is 12.1 Å². The molecule has 0 bridgehead atoms. The standard InChI is InChI=1S/C15H6F9/c16-11-3-1-2-10(12(11)14(19,20)21)8-4-6-9(7-5-8)13(17,18)15(22,23)24/h1-2,4-7H. The SMILES string of the molecule is Fc1[c]ccc(-c2ccc(C(F)(F)C(F)(F)F)cc2)c1C(F)(F)F. The molecular weight excluding hydrogens is 351 g/mol. The van der Waals surface area contributed by atoms with Gasteiger partial charge in [-0.05, 0) is 11.1 Å². The van der Waals surface area contributed by atoms with E-state index in [1.807, 2.05) is 0 Å². The van der Waals surface area contributed by atoms with E-state index < -0.39 is 40.8 Å². The fourth-order valence-electron chi connectivity index (χ4n) is 2.01. The first kappa shape index (κ1) is 18.2. The topological polar surface area (TPSA) is 0 Å². The predicted octanol–water partition coefficient (Wildman–Crippen LogP) is 5.97. The summed E-state index contributed by atoms with van der Waals surface area (Å²) in [7, 11) is 0. The summed E-state index contributed by atoms with van der Waals surface area (Å²) in [4.78, 5) is 0. The monoisotopic (exact) mass is 357 g/mol. The second kappa shape index (κ2) is 5.71. The lowest BCUT2D eigenvalue weighted by Crippen LogP contribution is -2.33. The van der Waals surface area contributed by atoms with E-state index in [-0.39, 0.29) is 5.56 Å². The molecule has 0 saturated heterocycles. The maximum Gasteiger partial charge on any atom is 0.458 e. The molecule has 2 rings (SSSR count). The molecule has 129 valence electrons. The minimum Gasteiger partial charge on any atom is -0.206 e. The summed E-state index contributed by atoms with van der Waals surface area (Å²) in [6.45, 7) is 0. The van der Waals surface area contributed by atoms with Gasteiger partial charge < -0.3 is 0 Å². The Kier molecular flexibility index (Phi) is 4.32. The first-order valence-corrected chi connectivity index (χ1v) is 6.18. The van der Waals surface area contributed by atoms with Crippen molar-refractivity contribution in [2.24, 2.45) is 0 Å². The third-order valence-corrected chi connectivity index (χ3v) is 3.15. The molecule has 0 fully saturated rings. The van der Waals surface area contributed by atoms with Crippen molar-refractivity contribution >= 4 is 0 Å². The Morgan fingerprint density at radius 1 is 0.750 bits per heavy atom. The molecule has 2 aromatic carbocycles. The van der Waals surface area contributed by atoms with E-state index in [1.54, 1.807) is 6.07 Å². The molecule has 9 heteroatoms. The average Bonchev–Trinajstić information content (AvgIpc) is 2.44. The summed E-state index contributed by atoms with van der Waals surface area (Å²) in [5, 5.41) is 0. The van der Waals surface area contributed by atoms with E-state index in [0.29, 0.717) is 24.3 Å². The second-order valence-corrected chi connectivity index (χ2v) is 4.73. The van der Waals surface area contributed by atoms with E-state index in [9.17, 15) is 39.5 Å². The second-order valence-electron chi connectivity index (χ2n) is 4.73. The van der Waals surface area contributed by atoms with Gasteiger partial charge in [-0.1, -0.05) is 36.4 Å². The van der Waals surface area contributed by atoms with E-state index in [2.05, 4.69) is 0 Å². The van der Waals surface area contributed by atoms with Gasteiger partial charge in [-0.2, -0.15) is 35.1 Å². The highest BCUT2D eigenvalue weighted by Crippen LogP contribution is 2.45. The summed E-state index contributed by atoms with van der Waals surface area (Å²) in [6, 6.07) is 5.36. The van der Waals surface area contributed by atoms with Crippen LogP contribution in [0.4, 0.5) is 39.5 Å². The van der Waals surface area contributed by atoms with Gasteiger partial charge in [0.25, 0.3) is 0 Å². The van der Waals surface area contributed by atoms with E-state index in [1.165, 1.54) is 0 Å². The Balaban J connectivity index is 2.53. The van der Waals surface area contributed by atoms with Crippen LogP contribution in [0, 0.1) is 11.9 Å². The molecule has 0 aliphatic rings. The largest absolute Gasteiger partial charge is 0.458 e. The third kappa shape index (κ3) is 3.20. The van der Waals surface area contributed by atoms with Crippen LogP contribution in [-0.4, -0.2) is 6.18 Å². The van der Waals surface area contributed by atoms with Crippen molar-refractivity contribution < 1.29 is 39.5 Å². The van der Waals surface area contributed by atoms with Crippen LogP contribution >= 0.6 is 0 Å². The number of halogens is 9.